The highest BCUT2D eigenvalue weighted by Crippen LogP contribution is 2.36. The summed E-state index contributed by atoms with van der Waals surface area (Å²) < 4.78 is 73.7. The van der Waals surface area contributed by atoms with Crippen LogP contribution in [0, 0.1) is 5.82 Å². The number of pyridine rings is 1. The van der Waals surface area contributed by atoms with Crippen molar-refractivity contribution in [2.45, 2.75) is 25.2 Å². The van der Waals surface area contributed by atoms with Crippen molar-refractivity contribution in [2.75, 3.05) is 57.5 Å². The Kier molecular flexibility index (Phi) is 10.5. The Labute approximate surface area is 267 Å². The zero-order valence-corrected chi connectivity index (χ0v) is 25.5. The van der Waals surface area contributed by atoms with Crippen molar-refractivity contribution in [3.63, 3.8) is 0 Å². The van der Waals surface area contributed by atoms with Gasteiger partial charge in [-0.2, -0.15) is 13.2 Å². The topological polar surface area (TPSA) is 123 Å². The number of ether oxygens (including phenoxy) is 3. The van der Waals surface area contributed by atoms with Crippen molar-refractivity contribution in [3.8, 4) is 11.5 Å². The van der Waals surface area contributed by atoms with Crippen LogP contribution in [0.3, 0.4) is 0 Å². The number of anilines is 1. The summed E-state index contributed by atoms with van der Waals surface area (Å²) in [6.07, 6.45) is -4.21. The highest BCUT2D eigenvalue weighted by Gasteiger charge is 2.36. The maximum absolute atomic E-state index is 15.8. The zero-order valence-electron chi connectivity index (χ0n) is 25.5. The van der Waals surface area contributed by atoms with E-state index in [1.165, 1.54) is 37.4 Å². The Balaban J connectivity index is 1.39. The molecule has 0 spiro atoms. The summed E-state index contributed by atoms with van der Waals surface area (Å²) in [7, 11) is 1.28. The minimum absolute atomic E-state index is 0.149. The monoisotopic (exact) mass is 662 g/mol. The van der Waals surface area contributed by atoms with E-state index >= 15 is 4.39 Å². The number of carbonyl (C=O) groups excluding carboxylic acids is 1. The smallest absolute Gasteiger partial charge is 0.420 e. The highest BCUT2D eigenvalue weighted by atomic mass is 19.4. The third-order valence-corrected chi connectivity index (χ3v) is 7.95. The van der Waals surface area contributed by atoms with Gasteiger partial charge in [-0.05, 0) is 41.5 Å². The Bertz CT molecular complexity index is 1670. The van der Waals surface area contributed by atoms with Crippen molar-refractivity contribution in [1.29, 1.82) is 0 Å². The lowest BCUT2D eigenvalue weighted by atomic mass is 10.0. The molecule has 1 aromatic heterocycles. The van der Waals surface area contributed by atoms with Crippen LogP contribution in [0.2, 0.25) is 0 Å². The number of morpholine rings is 2. The molecule has 15 heteroatoms. The number of rotatable bonds is 10. The molecule has 47 heavy (non-hydrogen) atoms. The summed E-state index contributed by atoms with van der Waals surface area (Å²) in [5.74, 6) is -4.24. The Hall–Kier alpha value is -4.47. The van der Waals surface area contributed by atoms with Gasteiger partial charge in [0.1, 0.15) is 23.2 Å². The van der Waals surface area contributed by atoms with Crippen LogP contribution in [0.25, 0.3) is 0 Å². The quantitative estimate of drug-likeness (QED) is 0.315. The maximum Gasteiger partial charge on any atom is 0.420 e. The molecule has 2 saturated heterocycles. The zero-order chi connectivity index (χ0) is 33.7. The molecule has 0 aliphatic carbocycles. The largest absolute Gasteiger partial charge is 0.480 e. The molecule has 2 aromatic carbocycles. The van der Waals surface area contributed by atoms with Crippen LogP contribution < -0.4 is 20.5 Å². The van der Waals surface area contributed by atoms with E-state index in [1.54, 1.807) is 6.07 Å². The van der Waals surface area contributed by atoms with Gasteiger partial charge in [-0.15, -0.1) is 0 Å². The average Bonchev–Trinajstić information content (AvgIpc) is 3.03. The number of nitrogens with one attached hydrogen (secondary N) is 1. The van der Waals surface area contributed by atoms with Crippen LogP contribution in [-0.4, -0.2) is 85.1 Å². The van der Waals surface area contributed by atoms with E-state index in [2.05, 4.69) is 5.32 Å². The van der Waals surface area contributed by atoms with Crippen molar-refractivity contribution >= 4 is 17.6 Å². The Morgan fingerprint density at radius 2 is 1.70 bits per heavy atom. The summed E-state index contributed by atoms with van der Waals surface area (Å²) in [4.78, 5) is 42.3. The normalized spacial score (nSPS) is 16.5. The molecule has 2 fully saturated rings. The Morgan fingerprint density at radius 3 is 2.36 bits per heavy atom. The van der Waals surface area contributed by atoms with Crippen LogP contribution in [0.1, 0.15) is 27.0 Å². The van der Waals surface area contributed by atoms with Crippen LogP contribution >= 0.6 is 0 Å². The minimum atomic E-state index is -4.87. The van der Waals surface area contributed by atoms with Gasteiger partial charge in [0.2, 0.25) is 5.75 Å². The highest BCUT2D eigenvalue weighted by molar-refractivity contribution is 5.98. The molecular formula is C32H34F4N4O7. The molecule has 0 saturated carbocycles. The lowest BCUT2D eigenvalue weighted by Gasteiger charge is -2.31. The molecule has 2 N–H and O–H groups in total. The number of carboxylic acid groups (broad SMARTS) is 1. The average molecular weight is 663 g/mol. The van der Waals surface area contributed by atoms with Crippen LogP contribution in [0.15, 0.2) is 53.5 Å². The fourth-order valence-electron chi connectivity index (χ4n) is 5.48. The predicted octanol–water partition coefficient (Wildman–Crippen LogP) is 3.43. The number of alkyl halides is 3. The van der Waals surface area contributed by atoms with Crippen LogP contribution in [-0.2, 0) is 40.5 Å². The van der Waals surface area contributed by atoms with E-state index in [4.69, 9.17) is 14.2 Å². The molecule has 0 radical (unpaired) electrons. The van der Waals surface area contributed by atoms with Gasteiger partial charge in [-0.25, -0.2) is 9.18 Å². The number of aromatic nitrogens is 1. The summed E-state index contributed by atoms with van der Waals surface area (Å²) in [5, 5.41) is 12.4. The molecule has 3 heterocycles. The molecule has 0 bridgehead atoms. The summed E-state index contributed by atoms with van der Waals surface area (Å²) in [6.45, 7) is 4.37. The standard InChI is InChI=1S/C32H34F4N4O7/c1-38-6-5-24(32(34,35)36)28(30(38)42)47-23-4-2-3-20(15-23)16-26(31(43)44)37-29(41)27-21(19-39-7-11-45-12-8-39)17-22(18-25(27)33)40-9-13-46-14-10-40/h2-6,15,17-18,26H,7-14,16,19H2,1H3,(H,37,41)(H,43,44). The lowest BCUT2D eigenvalue weighted by molar-refractivity contribution is -0.139. The number of hydrogen-bond acceptors (Lipinski definition) is 8. The van der Waals surface area contributed by atoms with Gasteiger partial charge in [-0.3, -0.25) is 14.5 Å². The number of aliphatic carboxylic acids is 1. The van der Waals surface area contributed by atoms with Crippen molar-refractivity contribution < 1.29 is 46.5 Å². The third-order valence-electron chi connectivity index (χ3n) is 7.95. The lowest BCUT2D eigenvalue weighted by Crippen LogP contribution is -2.43. The third kappa shape index (κ3) is 8.28. The molecule has 1 unspecified atom stereocenters. The van der Waals surface area contributed by atoms with E-state index in [0.717, 1.165) is 16.8 Å². The van der Waals surface area contributed by atoms with Gasteiger partial charge in [0.05, 0.1) is 32.0 Å². The minimum Gasteiger partial charge on any atom is -0.480 e. The molecule has 2 aliphatic rings. The second-order valence-corrected chi connectivity index (χ2v) is 11.2. The number of hydrogen-bond donors (Lipinski definition) is 2. The number of nitrogens with zero attached hydrogens (tertiary/aromatic N) is 3. The second-order valence-electron chi connectivity index (χ2n) is 11.2. The molecule has 3 aromatic rings. The summed E-state index contributed by atoms with van der Waals surface area (Å²) in [5.41, 5.74) is -1.33. The number of aryl methyl sites for hydroxylation is 1. The van der Waals surface area contributed by atoms with Crippen molar-refractivity contribution in [3.05, 3.63) is 87.1 Å². The molecule has 252 valence electrons. The number of carbonyl (C=O) groups is 2. The number of carboxylic acids is 1. The maximum atomic E-state index is 15.8. The Morgan fingerprint density at radius 1 is 1.02 bits per heavy atom. The number of halogens is 4. The van der Waals surface area contributed by atoms with E-state index < -0.39 is 46.8 Å². The number of benzene rings is 2. The van der Waals surface area contributed by atoms with Crippen LogP contribution in [0.5, 0.6) is 11.5 Å². The van der Waals surface area contributed by atoms with Gasteiger partial charge in [-0.1, -0.05) is 12.1 Å². The molecule has 1 atom stereocenters. The van der Waals surface area contributed by atoms with Gasteiger partial charge in [0, 0.05) is 58.1 Å². The van der Waals surface area contributed by atoms with Crippen LogP contribution in [0.4, 0.5) is 23.2 Å². The molecule has 1 amide bonds. The summed E-state index contributed by atoms with van der Waals surface area (Å²) >= 11 is 0. The molecule has 11 nitrogen and oxygen atoms in total. The van der Waals surface area contributed by atoms with E-state index in [-0.39, 0.29) is 29.8 Å². The van der Waals surface area contributed by atoms with Gasteiger partial charge >= 0.3 is 12.1 Å². The van der Waals surface area contributed by atoms with Crippen molar-refractivity contribution in [2.24, 2.45) is 7.05 Å². The predicted molar refractivity (Wildman–Crippen MR) is 161 cm³/mol. The van der Waals surface area contributed by atoms with Gasteiger partial charge < -0.3 is 34.1 Å². The van der Waals surface area contributed by atoms with Gasteiger partial charge in [0.15, 0.2) is 0 Å². The molecule has 5 rings (SSSR count). The summed E-state index contributed by atoms with van der Waals surface area (Å²) in [6, 6.07) is 7.66. The first-order chi connectivity index (χ1) is 22.4. The first-order valence-corrected chi connectivity index (χ1v) is 14.9. The van der Waals surface area contributed by atoms with E-state index in [9.17, 15) is 32.7 Å². The SMILES string of the molecule is Cn1ccc(C(F)(F)F)c(Oc2cccc(CC(NC(=O)c3c(F)cc(N4CCOCC4)cc3CN3CCOCC3)C(=O)O)c2)c1=O. The fourth-order valence-corrected chi connectivity index (χ4v) is 5.48. The first kappa shape index (κ1) is 33.9. The van der Waals surface area contributed by atoms with Crippen molar-refractivity contribution in [1.82, 2.24) is 14.8 Å². The first-order valence-electron chi connectivity index (χ1n) is 14.9. The van der Waals surface area contributed by atoms with Gasteiger partial charge in [0.25, 0.3) is 11.5 Å². The second kappa shape index (κ2) is 14.5. The van der Waals surface area contributed by atoms with E-state index in [1.807, 2.05) is 9.80 Å². The molecular weight excluding hydrogens is 628 g/mol. The van der Waals surface area contributed by atoms with E-state index in [0.29, 0.717) is 63.9 Å². The fraction of sp³-hybridized carbons (Fsp3) is 0.406. The number of amides is 1. The molecule has 2 aliphatic heterocycles.